The number of rotatable bonds is 5. The number of allylic oxidation sites excluding steroid dienone is 1. The van der Waals surface area contributed by atoms with E-state index in [0.29, 0.717) is 13.0 Å². The maximum Gasteiger partial charge on any atom is 0.309 e. The van der Waals surface area contributed by atoms with Crippen molar-refractivity contribution in [2.75, 3.05) is 6.54 Å². The Hall–Kier alpha value is -1.32. The molecule has 4 heteroatoms. The molecule has 1 aliphatic carbocycles. The van der Waals surface area contributed by atoms with Crippen LogP contribution in [0.5, 0.6) is 0 Å². The zero-order valence-corrected chi connectivity index (χ0v) is 10.8. The summed E-state index contributed by atoms with van der Waals surface area (Å²) in [6, 6.07) is 0. The van der Waals surface area contributed by atoms with E-state index in [1.165, 1.54) is 5.57 Å². The first kappa shape index (κ1) is 13.7. The molecule has 0 aromatic carbocycles. The summed E-state index contributed by atoms with van der Waals surface area (Å²) < 4.78 is 0. The molecule has 96 valence electrons. The van der Waals surface area contributed by atoms with Crippen molar-refractivity contribution in [3.05, 3.63) is 11.1 Å². The average Bonchev–Trinajstić information content (AvgIpc) is 2.63. The molecule has 17 heavy (non-hydrogen) atoms. The molecule has 0 heterocycles. The van der Waals surface area contributed by atoms with E-state index in [4.69, 9.17) is 5.11 Å². The predicted octanol–water partition coefficient (Wildman–Crippen LogP) is 2.10. The third-order valence-corrected chi connectivity index (χ3v) is 3.38. The van der Waals surface area contributed by atoms with Crippen molar-refractivity contribution in [3.63, 3.8) is 0 Å². The Morgan fingerprint density at radius 3 is 2.47 bits per heavy atom. The van der Waals surface area contributed by atoms with E-state index in [0.717, 1.165) is 24.8 Å². The van der Waals surface area contributed by atoms with Crippen molar-refractivity contribution in [1.29, 1.82) is 0 Å². The van der Waals surface area contributed by atoms with Crippen molar-refractivity contribution in [2.45, 2.75) is 46.5 Å². The van der Waals surface area contributed by atoms with E-state index < -0.39 is 11.4 Å². The van der Waals surface area contributed by atoms with Gasteiger partial charge in [0.05, 0.1) is 5.41 Å². The van der Waals surface area contributed by atoms with E-state index in [9.17, 15) is 9.59 Å². The molecule has 0 atom stereocenters. The van der Waals surface area contributed by atoms with Gasteiger partial charge in [-0.15, -0.1) is 0 Å². The van der Waals surface area contributed by atoms with Crippen LogP contribution in [0.4, 0.5) is 0 Å². The van der Waals surface area contributed by atoms with Gasteiger partial charge < -0.3 is 10.4 Å². The summed E-state index contributed by atoms with van der Waals surface area (Å²) in [6.07, 6.45) is 3.35. The van der Waals surface area contributed by atoms with E-state index >= 15 is 0 Å². The molecule has 1 aliphatic rings. The minimum atomic E-state index is -0.831. The van der Waals surface area contributed by atoms with Crippen LogP contribution in [-0.2, 0) is 9.59 Å². The lowest BCUT2D eigenvalue weighted by Gasteiger charge is -2.19. The summed E-state index contributed by atoms with van der Waals surface area (Å²) >= 11 is 0. The van der Waals surface area contributed by atoms with Crippen LogP contribution >= 0.6 is 0 Å². The Labute approximate surface area is 102 Å². The Kier molecular flexibility index (Phi) is 4.32. The number of hydrogen-bond donors (Lipinski definition) is 2. The minimum absolute atomic E-state index is 0.0267. The summed E-state index contributed by atoms with van der Waals surface area (Å²) in [5, 5.41) is 11.7. The highest BCUT2D eigenvalue weighted by Crippen LogP contribution is 2.25. The first-order chi connectivity index (χ1) is 7.84. The number of carbonyl (C=O) groups excluding carboxylic acids is 1. The van der Waals surface area contributed by atoms with Gasteiger partial charge in [0, 0.05) is 12.1 Å². The monoisotopic (exact) mass is 239 g/mol. The molecule has 0 radical (unpaired) electrons. The molecule has 0 spiro atoms. The quantitative estimate of drug-likeness (QED) is 0.772. The van der Waals surface area contributed by atoms with Gasteiger partial charge in [-0.3, -0.25) is 9.59 Å². The molecule has 4 nitrogen and oxygen atoms in total. The molecule has 0 unspecified atom stereocenters. The standard InChI is InChI=1S/C13H21NO3/c1-9-5-4-6-10(9)11(15)14-8-7-13(2,3)12(16)17/h4-8H2,1-3H3,(H,14,15)(H,16,17). The van der Waals surface area contributed by atoms with Crippen molar-refractivity contribution in [1.82, 2.24) is 5.32 Å². The Balaban J connectivity index is 2.40. The van der Waals surface area contributed by atoms with Crippen LogP contribution in [0.25, 0.3) is 0 Å². The van der Waals surface area contributed by atoms with Crippen LogP contribution in [-0.4, -0.2) is 23.5 Å². The van der Waals surface area contributed by atoms with Crippen LogP contribution in [0.3, 0.4) is 0 Å². The summed E-state index contributed by atoms with van der Waals surface area (Å²) in [7, 11) is 0. The van der Waals surface area contributed by atoms with Crippen molar-refractivity contribution < 1.29 is 14.7 Å². The van der Waals surface area contributed by atoms with Gasteiger partial charge in [-0.25, -0.2) is 0 Å². The van der Waals surface area contributed by atoms with E-state index in [1.807, 2.05) is 6.92 Å². The topological polar surface area (TPSA) is 66.4 Å². The first-order valence-electron chi connectivity index (χ1n) is 6.05. The number of carboxylic acid groups (broad SMARTS) is 1. The third-order valence-electron chi connectivity index (χ3n) is 3.38. The van der Waals surface area contributed by atoms with Crippen molar-refractivity contribution >= 4 is 11.9 Å². The Morgan fingerprint density at radius 2 is 2.00 bits per heavy atom. The van der Waals surface area contributed by atoms with Crippen LogP contribution in [0.2, 0.25) is 0 Å². The summed E-state index contributed by atoms with van der Waals surface area (Å²) in [4.78, 5) is 22.7. The molecule has 1 rings (SSSR count). The smallest absolute Gasteiger partial charge is 0.309 e. The highest BCUT2D eigenvalue weighted by atomic mass is 16.4. The lowest BCUT2D eigenvalue weighted by Crippen LogP contribution is -2.32. The van der Waals surface area contributed by atoms with Gasteiger partial charge in [0.25, 0.3) is 0 Å². The average molecular weight is 239 g/mol. The molecule has 0 fully saturated rings. The minimum Gasteiger partial charge on any atom is -0.481 e. The zero-order chi connectivity index (χ0) is 13.1. The number of carbonyl (C=O) groups is 2. The number of aliphatic carboxylic acids is 1. The number of hydrogen-bond acceptors (Lipinski definition) is 2. The molecule has 0 saturated heterocycles. The molecular weight excluding hydrogens is 218 g/mol. The first-order valence-corrected chi connectivity index (χ1v) is 6.05. The van der Waals surface area contributed by atoms with Crippen LogP contribution in [0.1, 0.15) is 46.5 Å². The maximum absolute atomic E-state index is 11.8. The number of amides is 1. The van der Waals surface area contributed by atoms with Crippen LogP contribution < -0.4 is 5.32 Å². The lowest BCUT2D eigenvalue weighted by atomic mass is 9.89. The molecule has 1 amide bonds. The highest BCUT2D eigenvalue weighted by molar-refractivity contribution is 5.94. The fourth-order valence-corrected chi connectivity index (χ4v) is 1.90. The van der Waals surface area contributed by atoms with Gasteiger partial charge in [-0.05, 0) is 46.5 Å². The van der Waals surface area contributed by atoms with Gasteiger partial charge in [0.15, 0.2) is 0 Å². The fourth-order valence-electron chi connectivity index (χ4n) is 1.90. The fraction of sp³-hybridized carbons (Fsp3) is 0.692. The van der Waals surface area contributed by atoms with E-state index in [1.54, 1.807) is 13.8 Å². The number of nitrogens with one attached hydrogen (secondary N) is 1. The lowest BCUT2D eigenvalue weighted by molar-refractivity contribution is -0.147. The summed E-state index contributed by atoms with van der Waals surface area (Å²) in [5.41, 5.74) is 1.27. The third kappa shape index (κ3) is 3.58. The van der Waals surface area contributed by atoms with Gasteiger partial charge in [-0.2, -0.15) is 0 Å². The van der Waals surface area contributed by atoms with Crippen LogP contribution in [0.15, 0.2) is 11.1 Å². The summed E-state index contributed by atoms with van der Waals surface area (Å²) in [6.45, 7) is 5.74. The second-order valence-electron chi connectivity index (χ2n) is 5.31. The number of carboxylic acids is 1. The molecule has 2 N–H and O–H groups in total. The molecule has 0 aromatic rings. The Bertz CT molecular complexity index is 356. The predicted molar refractivity (Wildman–Crippen MR) is 65.6 cm³/mol. The molecule has 0 saturated carbocycles. The zero-order valence-electron chi connectivity index (χ0n) is 10.8. The molecule has 0 aromatic heterocycles. The van der Waals surface area contributed by atoms with Gasteiger partial charge >= 0.3 is 5.97 Å². The van der Waals surface area contributed by atoms with Crippen molar-refractivity contribution in [2.24, 2.45) is 5.41 Å². The van der Waals surface area contributed by atoms with E-state index in [-0.39, 0.29) is 5.91 Å². The highest BCUT2D eigenvalue weighted by Gasteiger charge is 2.27. The SMILES string of the molecule is CC1=C(C(=O)NCCC(C)(C)C(=O)O)CCC1. The second-order valence-corrected chi connectivity index (χ2v) is 5.31. The van der Waals surface area contributed by atoms with E-state index in [2.05, 4.69) is 5.32 Å². The Morgan fingerprint density at radius 1 is 1.35 bits per heavy atom. The summed E-state index contributed by atoms with van der Waals surface area (Å²) in [5.74, 6) is -0.857. The molecule has 0 aliphatic heterocycles. The van der Waals surface area contributed by atoms with Gasteiger partial charge in [0.1, 0.15) is 0 Å². The molecular formula is C13H21NO3. The van der Waals surface area contributed by atoms with Gasteiger partial charge in [0.2, 0.25) is 5.91 Å². The van der Waals surface area contributed by atoms with Crippen molar-refractivity contribution in [3.8, 4) is 0 Å². The second kappa shape index (κ2) is 5.34. The van der Waals surface area contributed by atoms with Crippen LogP contribution in [0, 0.1) is 5.41 Å². The maximum atomic E-state index is 11.8. The largest absolute Gasteiger partial charge is 0.481 e. The van der Waals surface area contributed by atoms with Gasteiger partial charge in [-0.1, -0.05) is 5.57 Å². The molecule has 0 bridgehead atoms. The normalized spacial score (nSPS) is 16.2.